The Hall–Kier alpha value is -2.29. The molecule has 9 heteroatoms. The third kappa shape index (κ3) is 4.95. The van der Waals surface area contributed by atoms with Crippen LogP contribution in [-0.4, -0.2) is 67.6 Å². The highest BCUT2D eigenvalue weighted by molar-refractivity contribution is 5.82. The fourth-order valence-corrected chi connectivity index (χ4v) is 3.50. The first-order chi connectivity index (χ1) is 13.4. The summed E-state index contributed by atoms with van der Waals surface area (Å²) in [7, 11) is 0. The number of benzene rings is 1. The van der Waals surface area contributed by atoms with E-state index >= 15 is 0 Å². The van der Waals surface area contributed by atoms with Crippen LogP contribution in [0.1, 0.15) is 18.4 Å². The van der Waals surface area contributed by atoms with Crippen LogP contribution in [0.2, 0.25) is 0 Å². The summed E-state index contributed by atoms with van der Waals surface area (Å²) < 4.78 is 49.5. The monoisotopic (exact) mass is 400 g/mol. The van der Waals surface area contributed by atoms with Crippen molar-refractivity contribution in [2.45, 2.75) is 19.0 Å². The number of likely N-dealkylation sites (tertiary alicyclic amines) is 1. The van der Waals surface area contributed by atoms with Crippen LogP contribution < -0.4 is 4.74 Å². The molecule has 2 aliphatic rings. The number of morpholine rings is 1. The van der Waals surface area contributed by atoms with Gasteiger partial charge in [-0.05, 0) is 25.0 Å². The number of hydrogen-bond donors (Lipinski definition) is 0. The van der Waals surface area contributed by atoms with E-state index in [1.165, 1.54) is 23.1 Å². The lowest BCUT2D eigenvalue weighted by molar-refractivity contribution is -0.145. The molecule has 0 radical (unpaired) electrons. The molecule has 1 aromatic rings. The Morgan fingerprint density at radius 3 is 2.54 bits per heavy atom. The van der Waals surface area contributed by atoms with Crippen molar-refractivity contribution in [1.29, 1.82) is 0 Å². The largest absolute Gasteiger partial charge is 0.483 e. The fraction of sp³-hybridized carbons (Fsp3) is 0.579. The van der Waals surface area contributed by atoms with E-state index < -0.39 is 24.3 Å². The smallest absolute Gasteiger partial charge is 0.419 e. The van der Waals surface area contributed by atoms with Crippen molar-refractivity contribution < 1.29 is 32.2 Å². The SMILES string of the molecule is O=C(COc1ccccc1C(F)(F)F)N1CCCC(C(=O)N2CCOCC2)C1. The van der Waals surface area contributed by atoms with E-state index in [4.69, 9.17) is 9.47 Å². The molecule has 1 unspecified atom stereocenters. The average Bonchev–Trinajstić information content (AvgIpc) is 2.71. The molecule has 28 heavy (non-hydrogen) atoms. The molecule has 3 rings (SSSR count). The molecular formula is C19H23F3N2O4. The molecule has 6 nitrogen and oxygen atoms in total. The molecular weight excluding hydrogens is 377 g/mol. The van der Waals surface area contributed by atoms with Crippen LogP contribution >= 0.6 is 0 Å². The molecule has 154 valence electrons. The summed E-state index contributed by atoms with van der Waals surface area (Å²) in [6.45, 7) is 2.34. The summed E-state index contributed by atoms with van der Waals surface area (Å²) in [5.74, 6) is -1.08. The molecule has 2 aliphatic heterocycles. The van der Waals surface area contributed by atoms with Crippen LogP contribution in [0, 0.1) is 5.92 Å². The zero-order chi connectivity index (χ0) is 20.1. The second-order valence-corrected chi connectivity index (χ2v) is 6.90. The number of hydrogen-bond acceptors (Lipinski definition) is 4. The van der Waals surface area contributed by atoms with E-state index in [9.17, 15) is 22.8 Å². The number of halogens is 3. The maximum Gasteiger partial charge on any atom is 0.419 e. The van der Waals surface area contributed by atoms with E-state index in [0.717, 1.165) is 6.07 Å². The number of alkyl halides is 3. The standard InChI is InChI=1S/C19H23F3N2O4/c20-19(21,22)15-5-1-2-6-16(15)28-13-17(25)24-7-3-4-14(12-24)18(26)23-8-10-27-11-9-23/h1-2,5-6,14H,3-4,7-13H2. The third-order valence-electron chi connectivity index (χ3n) is 4.99. The zero-order valence-electron chi connectivity index (χ0n) is 15.4. The Labute approximate surface area is 161 Å². The maximum absolute atomic E-state index is 13.0. The molecule has 0 aliphatic carbocycles. The van der Waals surface area contributed by atoms with Gasteiger partial charge in [-0.2, -0.15) is 13.2 Å². The van der Waals surface area contributed by atoms with Gasteiger partial charge in [-0.1, -0.05) is 12.1 Å². The lowest BCUT2D eigenvalue weighted by Gasteiger charge is -2.36. The van der Waals surface area contributed by atoms with Gasteiger partial charge in [-0.25, -0.2) is 0 Å². The van der Waals surface area contributed by atoms with Crippen LogP contribution in [0.4, 0.5) is 13.2 Å². The first-order valence-corrected chi connectivity index (χ1v) is 9.29. The van der Waals surface area contributed by atoms with Crippen molar-refractivity contribution in [1.82, 2.24) is 9.80 Å². The minimum atomic E-state index is -4.56. The van der Waals surface area contributed by atoms with E-state index in [1.807, 2.05) is 0 Å². The molecule has 0 N–H and O–H groups in total. The molecule has 0 saturated carbocycles. The van der Waals surface area contributed by atoms with Gasteiger partial charge < -0.3 is 19.3 Å². The molecule has 0 aromatic heterocycles. The molecule has 2 fully saturated rings. The number of piperidine rings is 1. The third-order valence-corrected chi connectivity index (χ3v) is 4.99. The summed E-state index contributed by atoms with van der Waals surface area (Å²) in [5.41, 5.74) is -0.915. The Balaban J connectivity index is 1.57. The first-order valence-electron chi connectivity index (χ1n) is 9.29. The van der Waals surface area contributed by atoms with Gasteiger partial charge in [0.25, 0.3) is 5.91 Å². The van der Waals surface area contributed by atoms with E-state index in [1.54, 1.807) is 4.90 Å². The van der Waals surface area contributed by atoms with Crippen LogP contribution in [0.15, 0.2) is 24.3 Å². The van der Waals surface area contributed by atoms with Crippen molar-refractivity contribution in [3.63, 3.8) is 0 Å². The number of amides is 2. The highest BCUT2D eigenvalue weighted by Crippen LogP contribution is 2.35. The van der Waals surface area contributed by atoms with Crippen molar-refractivity contribution in [2.24, 2.45) is 5.92 Å². The van der Waals surface area contributed by atoms with E-state index in [0.29, 0.717) is 45.7 Å². The fourth-order valence-electron chi connectivity index (χ4n) is 3.50. The predicted molar refractivity (Wildman–Crippen MR) is 93.6 cm³/mol. The van der Waals surface area contributed by atoms with Gasteiger partial charge in [0.15, 0.2) is 6.61 Å². The molecule has 1 aromatic carbocycles. The number of para-hydroxylation sites is 1. The van der Waals surface area contributed by atoms with Crippen LogP contribution in [0.25, 0.3) is 0 Å². The topological polar surface area (TPSA) is 59.1 Å². The lowest BCUT2D eigenvalue weighted by Crippen LogP contribution is -2.50. The minimum absolute atomic E-state index is 0.00383. The molecule has 1 atom stereocenters. The van der Waals surface area contributed by atoms with Gasteiger partial charge in [-0.3, -0.25) is 9.59 Å². The van der Waals surface area contributed by atoms with Crippen molar-refractivity contribution in [3.05, 3.63) is 29.8 Å². The van der Waals surface area contributed by atoms with Gasteiger partial charge in [0, 0.05) is 26.2 Å². The van der Waals surface area contributed by atoms with Crippen LogP contribution in [0.5, 0.6) is 5.75 Å². The second kappa shape index (κ2) is 8.81. The summed E-state index contributed by atoms with van der Waals surface area (Å²) in [4.78, 5) is 28.3. The summed E-state index contributed by atoms with van der Waals surface area (Å²) in [6.07, 6.45) is -3.19. The van der Waals surface area contributed by atoms with Crippen LogP contribution in [-0.2, 0) is 20.5 Å². The van der Waals surface area contributed by atoms with E-state index in [-0.39, 0.29) is 24.1 Å². The lowest BCUT2D eigenvalue weighted by atomic mass is 9.96. The average molecular weight is 400 g/mol. The molecule has 2 amide bonds. The van der Waals surface area contributed by atoms with Crippen molar-refractivity contribution in [2.75, 3.05) is 46.0 Å². The van der Waals surface area contributed by atoms with Gasteiger partial charge in [-0.15, -0.1) is 0 Å². The number of rotatable bonds is 4. The van der Waals surface area contributed by atoms with Gasteiger partial charge in [0.2, 0.25) is 5.91 Å². The first kappa shape index (κ1) is 20.4. The Bertz CT molecular complexity index is 705. The number of ether oxygens (including phenoxy) is 2. The normalized spacial score (nSPS) is 20.8. The zero-order valence-corrected chi connectivity index (χ0v) is 15.4. The van der Waals surface area contributed by atoms with Crippen LogP contribution in [0.3, 0.4) is 0 Å². The van der Waals surface area contributed by atoms with E-state index in [2.05, 4.69) is 0 Å². The summed E-state index contributed by atoms with van der Waals surface area (Å²) in [5, 5.41) is 0. The Morgan fingerprint density at radius 1 is 1.11 bits per heavy atom. The summed E-state index contributed by atoms with van der Waals surface area (Å²) >= 11 is 0. The second-order valence-electron chi connectivity index (χ2n) is 6.90. The predicted octanol–water partition coefficient (Wildman–Crippen LogP) is 2.18. The summed E-state index contributed by atoms with van der Waals surface area (Å²) in [6, 6.07) is 4.80. The Kier molecular flexibility index (Phi) is 6.43. The Morgan fingerprint density at radius 2 is 1.82 bits per heavy atom. The van der Waals surface area contributed by atoms with Crippen molar-refractivity contribution in [3.8, 4) is 5.75 Å². The van der Waals surface area contributed by atoms with Gasteiger partial charge in [0.05, 0.1) is 24.7 Å². The molecule has 2 saturated heterocycles. The van der Waals surface area contributed by atoms with Gasteiger partial charge in [0.1, 0.15) is 5.75 Å². The maximum atomic E-state index is 13.0. The highest BCUT2D eigenvalue weighted by atomic mass is 19.4. The highest BCUT2D eigenvalue weighted by Gasteiger charge is 2.35. The number of carbonyl (C=O) groups excluding carboxylic acids is 2. The number of carbonyl (C=O) groups is 2. The van der Waals surface area contributed by atoms with Gasteiger partial charge >= 0.3 is 6.18 Å². The number of nitrogens with zero attached hydrogens (tertiary/aromatic N) is 2. The molecule has 0 bridgehead atoms. The molecule has 0 spiro atoms. The molecule has 2 heterocycles. The van der Waals surface area contributed by atoms with Crippen molar-refractivity contribution >= 4 is 11.8 Å². The quantitative estimate of drug-likeness (QED) is 0.778. The minimum Gasteiger partial charge on any atom is -0.483 e.